The highest BCUT2D eigenvalue weighted by atomic mass is 32.2. The molecule has 0 aliphatic heterocycles. The molecule has 102 heavy (non-hydrogen) atoms. The molecule has 0 aliphatic rings. The fraction of sp³-hybridized carbons (Fsp3) is 0.250. The highest BCUT2D eigenvalue weighted by Crippen LogP contribution is 2.42. The topological polar surface area (TPSA) is 0 Å². The van der Waals surface area contributed by atoms with Gasteiger partial charge in [-0.1, -0.05) is 257 Å². The Morgan fingerprint density at radius 3 is 0.392 bits per heavy atom. The maximum atomic E-state index is 2.34. The first kappa shape index (κ1) is 75.9. The van der Waals surface area contributed by atoms with Gasteiger partial charge in [-0.05, 0) is 260 Å². The number of rotatable bonds is 16. The average Bonchev–Trinajstić information content (AvgIpc) is 0.808. The molecule has 0 radical (unpaired) electrons. The quantitative estimate of drug-likeness (QED) is 0.0885. The molecule has 0 aliphatic carbocycles. The van der Waals surface area contributed by atoms with E-state index in [0.717, 1.165) is 0 Å². The van der Waals surface area contributed by atoms with E-state index >= 15 is 0 Å². The van der Waals surface area contributed by atoms with Gasteiger partial charge in [0, 0.05) is 19.6 Å². The maximum Gasteiger partial charge on any atom is 0.166 e. The molecule has 2 unspecified atom stereocenters. The van der Waals surface area contributed by atoms with Crippen LogP contribution in [0.1, 0.15) is 158 Å². The highest BCUT2D eigenvalue weighted by Gasteiger charge is 2.35. The molecule has 520 valence electrons. The van der Waals surface area contributed by atoms with E-state index in [9.17, 15) is 0 Å². The molecule has 0 heterocycles. The van der Waals surface area contributed by atoms with E-state index in [-0.39, 0.29) is 76.1 Å². The van der Waals surface area contributed by atoms with Crippen molar-refractivity contribution in [2.24, 2.45) is 0 Å². The summed E-state index contributed by atoms with van der Waals surface area (Å²) < 4.78 is 0. The summed E-state index contributed by atoms with van der Waals surface area (Å²) in [5.74, 6) is 0. The summed E-state index contributed by atoms with van der Waals surface area (Å²) in [6.45, 7) is 41.1. The van der Waals surface area contributed by atoms with Crippen LogP contribution in [0.5, 0.6) is 0 Å². The van der Waals surface area contributed by atoms with E-state index in [1.54, 1.807) is 0 Å². The Morgan fingerprint density at radius 2 is 0.265 bits per heavy atom. The van der Waals surface area contributed by atoms with Crippen molar-refractivity contribution in [1.29, 1.82) is 0 Å². The molecule has 0 N–H and O–H groups in total. The van der Waals surface area contributed by atoms with Gasteiger partial charge in [0.05, 0.1) is 43.6 Å². The third-order valence-corrected chi connectivity index (χ3v) is 29.4. The smallest absolute Gasteiger partial charge is 0.0901 e. The Morgan fingerprint density at radius 1 is 0.147 bits per heavy atom. The van der Waals surface area contributed by atoms with Crippen LogP contribution in [0, 0.1) is 0 Å². The van der Waals surface area contributed by atoms with Gasteiger partial charge in [0.1, 0.15) is 0 Å². The van der Waals surface area contributed by atoms with E-state index < -0.39 is 0 Å². The summed E-state index contributed by atoms with van der Waals surface area (Å²) in [5, 5.41) is 0. The first-order valence-corrected chi connectivity index (χ1v) is 42.3. The Bertz CT molecular complexity index is 4200. The van der Waals surface area contributed by atoms with Crippen molar-refractivity contribution < 1.29 is 0 Å². The van der Waals surface area contributed by atoms with Crippen LogP contribution in [0.3, 0.4) is 0 Å². The molecule has 0 saturated carbocycles. The highest BCUT2D eigenvalue weighted by molar-refractivity contribution is 8.00. The van der Waals surface area contributed by atoms with E-state index in [0.29, 0.717) is 0 Å². The average molecular weight is 1450 g/mol. The van der Waals surface area contributed by atoms with Crippen molar-refractivity contribution in [2.75, 3.05) is 0 Å². The molecule has 0 spiro atoms. The molecule has 0 bridgehead atoms. The molecule has 12 rings (SSSR count). The Hall–Kier alpha value is -7.26. The van der Waals surface area contributed by atoms with Crippen LogP contribution in [0.4, 0.5) is 0 Å². The monoisotopic (exact) mass is 1450 g/mol. The predicted octanol–water partition coefficient (Wildman–Crippen LogP) is 27.8. The molecule has 0 nitrogen and oxygen atoms in total. The molecule has 2 atom stereocenters. The van der Waals surface area contributed by atoms with Crippen LogP contribution in [-0.4, -0.2) is 0 Å². The normalized spacial score (nSPS) is 13.0. The summed E-state index contributed by atoms with van der Waals surface area (Å²) in [6, 6.07) is 115. The van der Waals surface area contributed by atoms with Crippen molar-refractivity contribution in [3.63, 3.8) is 0 Å². The van der Waals surface area contributed by atoms with Gasteiger partial charge in [-0.3, -0.25) is 0 Å². The lowest BCUT2D eigenvalue weighted by Gasteiger charge is -2.20. The van der Waals surface area contributed by atoms with E-state index in [2.05, 4.69) is 428 Å². The van der Waals surface area contributed by atoms with E-state index in [4.69, 9.17) is 0 Å². The fourth-order valence-corrected chi connectivity index (χ4v) is 22.0. The third-order valence-electron chi connectivity index (χ3n) is 18.4. The first-order chi connectivity index (χ1) is 48.3. The van der Waals surface area contributed by atoms with Crippen molar-refractivity contribution >= 4 is 67.1 Å². The fourth-order valence-electron chi connectivity index (χ4n) is 12.1. The van der Waals surface area contributed by atoms with Gasteiger partial charge < -0.3 is 0 Å². The molecular weight excluding hydrogens is 1350 g/mol. The predicted molar refractivity (Wildman–Crippen MR) is 446 cm³/mol. The standard InChI is InChI=1S/C52H60S3.C44H44S3/c1-49(2,3)37-13-25-43(26-14-37)54(44-27-15-38(16-28-44)50(4,5)6)47-33-21-41(22-34-47)53-42-23-35-48(36-24-42)55(45-29-17-39(18-30-45)51(7,8)9)46-31-19-40(20-32-46)52(10,11)12;1-43(2,3)33-17-25-39(26-18-33)46(37-13-9-7-10-14-37)41-29-21-35(22-30-41)45-36-23-31-42(32-24-36)47(38-15-11-8-12-16-38)40-27-19-34(20-28-40)44(4,5)6/h13-36H,1-12H3;7-32H,1-6H3/q2*+2. The summed E-state index contributed by atoms with van der Waals surface area (Å²) in [5.41, 5.74) is 8.97. The molecule has 12 aromatic carbocycles. The first-order valence-electron chi connectivity index (χ1n) is 35.8. The zero-order valence-electron chi connectivity index (χ0n) is 63.3. The summed E-state index contributed by atoms with van der Waals surface area (Å²) >= 11 is 3.66. The van der Waals surface area contributed by atoms with E-state index in [1.807, 2.05) is 23.5 Å². The molecular formula is C96H104S6+4. The van der Waals surface area contributed by atoms with E-state index in [1.165, 1.54) is 112 Å². The second-order valence-corrected chi connectivity index (χ2v) is 43.0. The van der Waals surface area contributed by atoms with Gasteiger partial charge in [-0.25, -0.2) is 0 Å². The number of benzene rings is 12. The Balaban J connectivity index is 0.000000207. The van der Waals surface area contributed by atoms with Crippen LogP contribution >= 0.6 is 23.5 Å². The minimum atomic E-state index is -0.206. The lowest BCUT2D eigenvalue weighted by atomic mass is 9.87. The zero-order valence-corrected chi connectivity index (χ0v) is 68.2. The van der Waals surface area contributed by atoms with Crippen molar-refractivity contribution in [3.05, 3.63) is 337 Å². The van der Waals surface area contributed by atoms with Gasteiger partial charge >= 0.3 is 0 Å². The SMILES string of the molecule is CC(C)(C)c1ccc([S+](c2ccc(Sc3ccc([S+](c4ccc(C(C)(C)C)cc4)c4ccc(C(C)(C)C)cc4)cc3)cc2)c2ccc(C(C)(C)C)cc2)cc1.CC(C)(C)c1ccc([S+](c2ccccc2)c2ccc(Sc3ccc([S+](c4ccccc4)c4ccc(C(C)(C)C)cc4)cc3)cc2)cc1. The Labute approximate surface area is 633 Å². The minimum absolute atomic E-state index is 0.124. The van der Waals surface area contributed by atoms with Crippen LogP contribution in [0.15, 0.2) is 382 Å². The largest absolute Gasteiger partial charge is 0.166 e. The maximum absolute atomic E-state index is 2.34. The zero-order chi connectivity index (χ0) is 72.8. The molecule has 0 saturated heterocycles. The lowest BCUT2D eigenvalue weighted by molar-refractivity contribution is 0.589. The molecule has 6 heteroatoms. The molecule has 0 amide bonds. The van der Waals surface area contributed by atoms with Gasteiger partial charge in [0.15, 0.2) is 58.7 Å². The third kappa shape index (κ3) is 19.4. The Kier molecular flexibility index (Phi) is 23.8. The summed E-state index contributed by atoms with van der Waals surface area (Å²) in [6.07, 6.45) is 0. The minimum Gasteiger partial charge on any atom is -0.0901 e. The summed E-state index contributed by atoms with van der Waals surface area (Å²) in [7, 11) is -0.741. The molecule has 0 aromatic heterocycles. The lowest BCUT2D eigenvalue weighted by Crippen LogP contribution is -2.13. The van der Waals surface area contributed by atoms with Crippen molar-refractivity contribution in [2.45, 2.75) is 235 Å². The van der Waals surface area contributed by atoms with Crippen molar-refractivity contribution in [3.8, 4) is 0 Å². The van der Waals surface area contributed by atoms with Gasteiger partial charge in [0.25, 0.3) is 0 Å². The number of hydrogen-bond donors (Lipinski definition) is 0. The van der Waals surface area contributed by atoms with Crippen LogP contribution in [0.25, 0.3) is 0 Å². The van der Waals surface area contributed by atoms with Crippen LogP contribution in [-0.2, 0) is 76.1 Å². The second kappa shape index (κ2) is 32.0. The number of hydrogen-bond acceptors (Lipinski definition) is 2. The second-order valence-electron chi connectivity index (χ2n) is 32.6. The van der Waals surface area contributed by atoms with Crippen LogP contribution < -0.4 is 0 Å². The molecule has 12 aromatic rings. The van der Waals surface area contributed by atoms with Gasteiger partial charge in [0.2, 0.25) is 0 Å². The van der Waals surface area contributed by atoms with Gasteiger partial charge in [-0.2, -0.15) is 0 Å². The molecule has 0 fully saturated rings. The van der Waals surface area contributed by atoms with Crippen molar-refractivity contribution in [1.82, 2.24) is 0 Å². The van der Waals surface area contributed by atoms with Crippen LogP contribution in [0.2, 0.25) is 0 Å². The summed E-state index contributed by atoms with van der Waals surface area (Å²) in [4.78, 5) is 21.1. The van der Waals surface area contributed by atoms with Gasteiger partial charge in [-0.15, -0.1) is 0 Å².